The molecular weight excluding hydrogens is 1280 g/mol. The SMILES string of the molecule is [C-]#[N+]c1cc(Cl)cc2c1C[C@H](N1CCCCC1)[C@H]2Oc1ccc(S(=O)(=O)NC(=O)C2CCN(CCOCCCC(=O)CCCCCNC(=O)NCCOCCN3CC[C@H](C(=O)CS(=O)(=O)c4ccc(O[C@H]5c6cc(Cl)cc(C#N)c6C[C@@H]5N5CCNCC5)cc4)C3)C2)cc1. The van der Waals surface area contributed by atoms with Crippen LogP contribution in [-0.4, -0.2) is 196 Å². The number of sulfonamides is 1. The molecule has 0 aromatic heterocycles. The van der Waals surface area contributed by atoms with E-state index in [1.54, 1.807) is 36.4 Å². The lowest BCUT2D eigenvalue weighted by molar-refractivity contribution is -0.123. The highest BCUT2D eigenvalue weighted by Crippen LogP contribution is 2.45. The van der Waals surface area contributed by atoms with Crippen LogP contribution in [0.15, 0.2) is 82.6 Å². The predicted octanol–water partition coefficient (Wildman–Crippen LogP) is 7.63. The molecule has 1 unspecified atom stereocenters. The summed E-state index contributed by atoms with van der Waals surface area (Å²) in [5.74, 6) is -1.27. The number of carbonyl (C=O) groups excluding carboxylic acids is 4. The van der Waals surface area contributed by atoms with Gasteiger partial charge in [-0.1, -0.05) is 36.0 Å². The molecule has 0 spiro atoms. The first-order valence-corrected chi connectivity index (χ1v) is 36.9. The maximum atomic E-state index is 13.5. The number of ketones is 2. The molecule has 10 rings (SSSR count). The molecule has 22 nitrogen and oxygen atoms in total. The number of hydrogen-bond acceptors (Lipinski definition) is 18. The third-order valence-corrected chi connectivity index (χ3v) is 22.4. The standard InChI is InChI=1S/C68H86Cl2N10O12S2/c1-72-61-40-51(70)39-60-58(61)42-63(79-25-6-3-7-26-79)66(60)92-54-13-17-56(18-14-54)94(87,88)76-67(83)48-20-28-78(45-48)31-35-89-33-8-10-52(81)9-4-2-5-21-74-68(84)75-24-34-90-36-32-77-27-19-47(44-77)64(82)46-93(85,86)55-15-11-53(12-16-55)91-65-59-38-50(69)37-49(43-71)57(59)41-62(65)80-29-22-73-23-30-80/h11-18,37-40,47-48,62-63,65-66,73H,2-10,19-36,41-42,44-46H2,(H,76,83)(H2,74,75,84)/t47-,48?,62-,63-,65-,66-/m0/s1. The van der Waals surface area contributed by atoms with E-state index in [1.807, 2.05) is 12.1 Å². The second-order valence-electron chi connectivity index (χ2n) is 25.3. The number of halogens is 2. The molecule has 6 aliphatic rings. The Hall–Kier alpha value is -6.26. The number of fused-ring (bicyclic) bond motifs is 2. The van der Waals surface area contributed by atoms with Crippen molar-refractivity contribution >= 4 is 72.3 Å². The average molecular weight is 1370 g/mol. The summed E-state index contributed by atoms with van der Waals surface area (Å²) in [4.78, 5) is 64.1. The van der Waals surface area contributed by atoms with E-state index in [9.17, 15) is 41.3 Å². The molecule has 4 N–H and O–H groups in total. The van der Waals surface area contributed by atoms with E-state index in [-0.39, 0.29) is 45.6 Å². The van der Waals surface area contributed by atoms with Gasteiger partial charge in [-0.05, 0) is 179 Å². The summed E-state index contributed by atoms with van der Waals surface area (Å²) in [6, 6.07) is 21.3. The van der Waals surface area contributed by atoms with Crippen LogP contribution in [0, 0.1) is 29.7 Å². The summed E-state index contributed by atoms with van der Waals surface area (Å²) < 4.78 is 80.7. The minimum absolute atomic E-state index is 0.0126. The maximum Gasteiger partial charge on any atom is 0.314 e. The number of benzene rings is 4. The quantitative estimate of drug-likeness (QED) is 0.0270. The Bertz CT molecular complexity index is 3380. The van der Waals surface area contributed by atoms with Crippen LogP contribution in [-0.2, 0) is 56.6 Å². The molecule has 26 heteroatoms. The molecule has 4 fully saturated rings. The summed E-state index contributed by atoms with van der Waals surface area (Å²) in [7, 11) is -8.07. The van der Waals surface area contributed by atoms with Gasteiger partial charge in [-0.2, -0.15) is 5.26 Å². The highest BCUT2D eigenvalue weighted by Gasteiger charge is 2.42. The fraction of sp³-hybridized carbons (Fsp3) is 0.559. The Morgan fingerprint density at radius 2 is 1.22 bits per heavy atom. The molecule has 4 aromatic carbocycles. The van der Waals surface area contributed by atoms with Gasteiger partial charge in [-0.25, -0.2) is 31.2 Å². The maximum absolute atomic E-state index is 13.5. The summed E-state index contributed by atoms with van der Waals surface area (Å²) in [5, 5.41) is 19.8. The average Bonchev–Trinajstić information content (AvgIpc) is 1.62. The third-order valence-electron chi connectivity index (χ3n) is 18.9. The molecule has 0 saturated carbocycles. The predicted molar refractivity (Wildman–Crippen MR) is 356 cm³/mol. The number of ether oxygens (including phenoxy) is 4. The normalized spacial score (nSPS) is 21.8. The third kappa shape index (κ3) is 18.8. The van der Waals surface area contributed by atoms with Crippen molar-refractivity contribution in [2.75, 3.05) is 124 Å². The van der Waals surface area contributed by atoms with Crippen molar-refractivity contribution in [3.63, 3.8) is 0 Å². The van der Waals surface area contributed by atoms with E-state index in [1.165, 1.54) is 30.7 Å². The molecule has 94 heavy (non-hydrogen) atoms. The molecule has 4 aliphatic heterocycles. The van der Waals surface area contributed by atoms with Crippen LogP contribution in [0.5, 0.6) is 11.5 Å². The van der Waals surface area contributed by atoms with E-state index >= 15 is 0 Å². The van der Waals surface area contributed by atoms with Crippen molar-refractivity contribution < 1.29 is 55.0 Å². The van der Waals surface area contributed by atoms with Gasteiger partial charge < -0.3 is 44.7 Å². The molecular formula is C68H86Cl2N10O12S2. The highest BCUT2D eigenvalue weighted by molar-refractivity contribution is 7.92. The van der Waals surface area contributed by atoms with Gasteiger partial charge in [0, 0.05) is 101 Å². The summed E-state index contributed by atoms with van der Waals surface area (Å²) in [6.07, 6.45) is 8.63. The molecule has 0 bridgehead atoms. The van der Waals surface area contributed by atoms with Crippen molar-refractivity contribution in [1.29, 1.82) is 5.26 Å². The van der Waals surface area contributed by atoms with Crippen molar-refractivity contribution in [3.8, 4) is 17.6 Å². The fourth-order valence-corrected chi connectivity index (χ4v) is 16.7. The first kappa shape index (κ1) is 70.5. The van der Waals surface area contributed by atoms with Gasteiger partial charge in [-0.3, -0.25) is 24.2 Å². The van der Waals surface area contributed by atoms with Crippen molar-refractivity contribution in [2.24, 2.45) is 11.8 Å². The van der Waals surface area contributed by atoms with Gasteiger partial charge in [-0.15, -0.1) is 0 Å². The largest absolute Gasteiger partial charge is 0.484 e. The first-order chi connectivity index (χ1) is 45.4. The monoisotopic (exact) mass is 1370 g/mol. The molecule has 3 amide bonds. The van der Waals surface area contributed by atoms with Gasteiger partial charge in [0.2, 0.25) is 5.91 Å². The Balaban J connectivity index is 0.522. The lowest BCUT2D eigenvalue weighted by Gasteiger charge is -2.36. The number of hydrogen-bond donors (Lipinski definition) is 4. The Kier molecular flexibility index (Phi) is 25.2. The van der Waals surface area contributed by atoms with E-state index in [0.717, 1.165) is 93.6 Å². The van der Waals surface area contributed by atoms with Gasteiger partial charge in [0.15, 0.2) is 21.3 Å². The number of likely N-dealkylation sites (tertiary alicyclic amines) is 3. The summed E-state index contributed by atoms with van der Waals surface area (Å²) in [5.41, 5.74) is 4.65. The second-order valence-corrected chi connectivity index (χ2v) is 29.9. The van der Waals surface area contributed by atoms with Crippen LogP contribution in [0.3, 0.4) is 0 Å². The van der Waals surface area contributed by atoms with Gasteiger partial charge in [0.05, 0.1) is 65.8 Å². The minimum Gasteiger partial charge on any atom is -0.484 e. The number of nitrogens with one attached hydrogen (secondary N) is 4. The van der Waals surface area contributed by atoms with Gasteiger partial charge in [0.25, 0.3) is 10.0 Å². The van der Waals surface area contributed by atoms with Crippen LogP contribution in [0.25, 0.3) is 4.85 Å². The van der Waals surface area contributed by atoms with Crippen molar-refractivity contribution in [2.45, 2.75) is 118 Å². The van der Waals surface area contributed by atoms with E-state index < -0.39 is 49.5 Å². The molecule has 2 aliphatic carbocycles. The smallest absolute Gasteiger partial charge is 0.314 e. The number of unbranched alkanes of at least 4 members (excludes halogenated alkanes) is 2. The van der Waals surface area contributed by atoms with Crippen LogP contribution >= 0.6 is 23.2 Å². The number of carbonyl (C=O) groups is 4. The van der Waals surface area contributed by atoms with E-state index in [2.05, 4.69) is 51.2 Å². The van der Waals surface area contributed by atoms with Gasteiger partial charge in [0.1, 0.15) is 35.2 Å². The number of Topliss-reactive ketones (excluding diaryl/α,β-unsaturated/α-hetero) is 2. The molecule has 0 radical (unpaired) electrons. The number of nitriles is 1. The second kappa shape index (κ2) is 33.6. The minimum atomic E-state index is -4.15. The number of urea groups is 1. The van der Waals surface area contributed by atoms with E-state index in [4.69, 9.17) is 48.7 Å². The molecule has 4 saturated heterocycles. The van der Waals surface area contributed by atoms with E-state index in [0.29, 0.717) is 157 Å². The molecule has 506 valence electrons. The number of amides is 3. The summed E-state index contributed by atoms with van der Waals surface area (Å²) >= 11 is 12.9. The number of rotatable bonds is 32. The Morgan fingerprint density at radius 1 is 0.649 bits per heavy atom. The topological polar surface area (TPSA) is 263 Å². The first-order valence-electron chi connectivity index (χ1n) is 33.1. The zero-order valence-electron chi connectivity index (χ0n) is 53.2. The highest BCUT2D eigenvalue weighted by atomic mass is 35.5. The molecule has 6 atom stereocenters. The van der Waals surface area contributed by atoms with Crippen LogP contribution in [0.1, 0.15) is 111 Å². The van der Waals surface area contributed by atoms with Gasteiger partial charge >= 0.3 is 6.03 Å². The van der Waals surface area contributed by atoms with Crippen LogP contribution < -0.4 is 30.1 Å². The van der Waals surface area contributed by atoms with Crippen LogP contribution in [0.4, 0.5) is 10.5 Å². The Labute approximate surface area is 562 Å². The fourth-order valence-electron chi connectivity index (χ4n) is 13.8. The van der Waals surface area contributed by atoms with Crippen molar-refractivity contribution in [3.05, 3.63) is 122 Å². The Morgan fingerprint density at radius 3 is 1.88 bits per heavy atom. The number of sulfone groups is 1. The molecule has 4 heterocycles. The molecule has 4 aromatic rings. The number of piperidine rings is 1. The lowest BCUT2D eigenvalue weighted by Crippen LogP contribution is -2.50. The van der Waals surface area contributed by atoms with Crippen LogP contribution in [0.2, 0.25) is 10.0 Å². The van der Waals surface area contributed by atoms with Crippen molar-refractivity contribution in [1.82, 2.24) is 40.3 Å². The zero-order valence-corrected chi connectivity index (χ0v) is 56.3. The summed E-state index contributed by atoms with van der Waals surface area (Å²) in [6.45, 7) is 18.5. The number of nitrogens with zero attached hydrogens (tertiary/aromatic N) is 6. The lowest BCUT2D eigenvalue weighted by atomic mass is 10.0. The zero-order chi connectivity index (χ0) is 66.2. The number of piperazine rings is 1.